The number of anilines is 1. The number of benzene rings is 3. The third-order valence-electron chi connectivity index (χ3n) is 6.76. The number of rotatable bonds is 5. The number of quaternary nitrogens is 1. The van der Waals surface area contributed by atoms with Crippen LogP contribution in [0.25, 0.3) is 16.7 Å². The van der Waals surface area contributed by atoms with Crippen LogP contribution in [0.3, 0.4) is 0 Å². The van der Waals surface area contributed by atoms with Crippen molar-refractivity contribution in [1.82, 2.24) is 19.7 Å². The molecule has 0 amide bonds. The van der Waals surface area contributed by atoms with Gasteiger partial charge in [0.25, 0.3) is 0 Å². The molecule has 1 N–H and O–H groups in total. The molecule has 1 aliphatic rings. The lowest BCUT2D eigenvalue weighted by Crippen LogP contribution is -3.15. The van der Waals surface area contributed by atoms with Gasteiger partial charge in [-0.15, -0.1) is 0 Å². The molecule has 1 aliphatic heterocycles. The normalized spacial score (nSPS) is 14.6. The second-order valence-corrected chi connectivity index (χ2v) is 9.18. The van der Waals surface area contributed by atoms with Crippen LogP contribution >= 0.6 is 11.6 Å². The van der Waals surface area contributed by atoms with Crippen molar-refractivity contribution in [2.45, 2.75) is 6.04 Å². The van der Waals surface area contributed by atoms with Gasteiger partial charge in [-0.05, 0) is 23.7 Å². The zero-order valence-electron chi connectivity index (χ0n) is 19.3. The highest BCUT2D eigenvalue weighted by Crippen LogP contribution is 2.27. The summed E-state index contributed by atoms with van der Waals surface area (Å²) in [5.74, 6) is 0.859. The lowest BCUT2D eigenvalue weighted by molar-refractivity contribution is -0.926. The Bertz CT molecular complexity index is 1370. The Labute approximate surface area is 209 Å². The molecule has 0 radical (unpaired) electrons. The molecule has 174 valence electrons. The Morgan fingerprint density at radius 3 is 1.91 bits per heavy atom. The fourth-order valence-electron chi connectivity index (χ4n) is 5.12. The van der Waals surface area contributed by atoms with Crippen LogP contribution in [0.2, 0.25) is 5.28 Å². The van der Waals surface area contributed by atoms with Crippen LogP contribution in [0.15, 0.2) is 97.2 Å². The van der Waals surface area contributed by atoms with Gasteiger partial charge in [-0.1, -0.05) is 78.9 Å². The molecule has 6 nitrogen and oxygen atoms in total. The van der Waals surface area contributed by atoms with Crippen molar-refractivity contribution in [1.29, 1.82) is 0 Å². The summed E-state index contributed by atoms with van der Waals surface area (Å²) in [4.78, 5) is 13.0. The monoisotopic (exact) mass is 481 g/mol. The largest absolute Gasteiger partial charge is 0.345 e. The van der Waals surface area contributed by atoms with E-state index in [9.17, 15) is 0 Å². The molecule has 0 bridgehead atoms. The molecule has 2 aromatic heterocycles. The van der Waals surface area contributed by atoms with Crippen LogP contribution in [0.1, 0.15) is 17.2 Å². The summed E-state index contributed by atoms with van der Waals surface area (Å²) in [5.41, 5.74) is 4.37. The Kier molecular flexibility index (Phi) is 5.90. The van der Waals surface area contributed by atoms with Crippen molar-refractivity contribution < 1.29 is 4.90 Å². The van der Waals surface area contributed by atoms with Gasteiger partial charge in [0.15, 0.2) is 5.65 Å². The van der Waals surface area contributed by atoms with E-state index in [4.69, 9.17) is 11.6 Å². The van der Waals surface area contributed by atoms with Gasteiger partial charge in [-0.25, -0.2) is 4.68 Å². The standard InChI is InChI=1S/C28H25ClN6/c29-28-31-26(24-20-30-35(27(24)32-28)23-14-8-3-9-15-23)34-18-16-33(17-19-34)25(21-10-4-1-5-11-21)22-12-6-2-7-13-22/h1-15,20,25H,16-19H2/p+1. The number of piperazine rings is 1. The minimum Gasteiger partial charge on any atom is -0.345 e. The van der Waals surface area contributed by atoms with Crippen LogP contribution in [0.5, 0.6) is 0 Å². The summed E-state index contributed by atoms with van der Waals surface area (Å²) in [6.07, 6.45) is 1.85. The number of aromatic nitrogens is 4. The van der Waals surface area contributed by atoms with Crippen LogP contribution < -0.4 is 9.80 Å². The fourth-order valence-corrected chi connectivity index (χ4v) is 5.28. The van der Waals surface area contributed by atoms with Gasteiger partial charge in [-0.3, -0.25) is 0 Å². The summed E-state index contributed by atoms with van der Waals surface area (Å²) in [6.45, 7) is 3.74. The molecular weight excluding hydrogens is 456 g/mol. The molecule has 0 unspecified atom stereocenters. The van der Waals surface area contributed by atoms with Gasteiger partial charge >= 0.3 is 0 Å². The summed E-state index contributed by atoms with van der Waals surface area (Å²) in [7, 11) is 0. The number of halogens is 1. The molecule has 5 aromatic rings. The zero-order chi connectivity index (χ0) is 23.6. The quantitative estimate of drug-likeness (QED) is 0.386. The number of fused-ring (bicyclic) bond motifs is 1. The number of para-hydroxylation sites is 1. The van der Waals surface area contributed by atoms with E-state index in [0.717, 1.165) is 48.7 Å². The second kappa shape index (κ2) is 9.49. The van der Waals surface area contributed by atoms with E-state index < -0.39 is 0 Å². The van der Waals surface area contributed by atoms with Gasteiger partial charge in [-0.2, -0.15) is 15.1 Å². The molecule has 3 aromatic carbocycles. The summed E-state index contributed by atoms with van der Waals surface area (Å²) in [6, 6.07) is 31.9. The van der Waals surface area contributed by atoms with Crippen LogP contribution in [0.4, 0.5) is 5.82 Å². The summed E-state index contributed by atoms with van der Waals surface area (Å²) in [5, 5.41) is 5.77. The highest BCUT2D eigenvalue weighted by atomic mass is 35.5. The van der Waals surface area contributed by atoms with Crippen LogP contribution in [-0.2, 0) is 0 Å². The number of hydrogen-bond acceptors (Lipinski definition) is 4. The SMILES string of the molecule is Clc1nc(N2CC[NH+](C(c3ccccc3)c3ccccc3)CC2)c2cnn(-c3ccccc3)c2n1. The van der Waals surface area contributed by atoms with Crippen molar-refractivity contribution in [3.05, 3.63) is 114 Å². The maximum absolute atomic E-state index is 6.40. The van der Waals surface area contributed by atoms with Crippen molar-refractivity contribution >= 4 is 28.5 Å². The van der Waals surface area contributed by atoms with Gasteiger partial charge in [0.1, 0.15) is 11.9 Å². The second-order valence-electron chi connectivity index (χ2n) is 8.85. The molecule has 0 atom stereocenters. The number of nitrogens with zero attached hydrogens (tertiary/aromatic N) is 5. The predicted octanol–water partition coefficient (Wildman–Crippen LogP) is 3.96. The number of hydrogen-bond donors (Lipinski definition) is 1. The lowest BCUT2D eigenvalue weighted by atomic mass is 9.96. The van der Waals surface area contributed by atoms with Crippen molar-refractivity contribution in [3.8, 4) is 5.69 Å². The molecule has 6 rings (SSSR count). The van der Waals surface area contributed by atoms with Crippen molar-refractivity contribution in [3.63, 3.8) is 0 Å². The molecule has 0 aliphatic carbocycles. The highest BCUT2D eigenvalue weighted by Gasteiger charge is 2.31. The molecule has 1 saturated heterocycles. The summed E-state index contributed by atoms with van der Waals surface area (Å²) >= 11 is 6.40. The van der Waals surface area contributed by atoms with Crippen LogP contribution in [0, 0.1) is 0 Å². The molecular formula is C28H26ClN6+. The third-order valence-corrected chi connectivity index (χ3v) is 6.93. The molecule has 7 heteroatoms. The first-order valence-corrected chi connectivity index (χ1v) is 12.3. The average molecular weight is 482 g/mol. The first kappa shape index (κ1) is 21.8. The Morgan fingerprint density at radius 1 is 0.743 bits per heavy atom. The van der Waals surface area contributed by atoms with Crippen molar-refractivity contribution in [2.75, 3.05) is 31.1 Å². The van der Waals surface area contributed by atoms with Gasteiger partial charge in [0.2, 0.25) is 5.28 Å². The van der Waals surface area contributed by atoms with E-state index in [-0.39, 0.29) is 5.28 Å². The highest BCUT2D eigenvalue weighted by molar-refractivity contribution is 6.28. The third kappa shape index (κ3) is 4.27. The maximum Gasteiger partial charge on any atom is 0.226 e. The number of nitrogens with one attached hydrogen (secondary N) is 1. The fraction of sp³-hybridized carbons (Fsp3) is 0.179. The van der Waals surface area contributed by atoms with Gasteiger partial charge in [0, 0.05) is 11.1 Å². The molecule has 35 heavy (non-hydrogen) atoms. The van der Waals surface area contributed by atoms with E-state index in [1.807, 2.05) is 41.2 Å². The molecule has 1 fully saturated rings. The minimum atomic E-state index is 0.242. The Balaban J connectivity index is 1.29. The predicted molar refractivity (Wildman–Crippen MR) is 139 cm³/mol. The maximum atomic E-state index is 6.40. The molecule has 0 saturated carbocycles. The average Bonchev–Trinajstić information content (AvgIpc) is 3.34. The molecule has 0 spiro atoms. The van der Waals surface area contributed by atoms with Gasteiger partial charge in [0.05, 0.1) is 43.4 Å². The first-order chi connectivity index (χ1) is 17.3. The van der Waals surface area contributed by atoms with E-state index in [0.29, 0.717) is 6.04 Å². The van der Waals surface area contributed by atoms with Crippen LogP contribution in [-0.4, -0.2) is 45.9 Å². The zero-order valence-corrected chi connectivity index (χ0v) is 20.0. The first-order valence-electron chi connectivity index (χ1n) is 11.9. The minimum absolute atomic E-state index is 0.242. The topological polar surface area (TPSA) is 51.3 Å². The van der Waals surface area contributed by atoms with Crippen molar-refractivity contribution in [2.24, 2.45) is 0 Å². The Morgan fingerprint density at radius 2 is 1.31 bits per heavy atom. The molecule has 3 heterocycles. The lowest BCUT2D eigenvalue weighted by Gasteiger charge is -2.37. The van der Waals surface area contributed by atoms with Gasteiger partial charge < -0.3 is 9.80 Å². The van der Waals surface area contributed by atoms with E-state index in [1.54, 1.807) is 4.90 Å². The summed E-state index contributed by atoms with van der Waals surface area (Å²) < 4.78 is 1.83. The smallest absolute Gasteiger partial charge is 0.226 e. The van der Waals surface area contributed by atoms with E-state index in [2.05, 4.69) is 80.6 Å². The van der Waals surface area contributed by atoms with E-state index in [1.165, 1.54) is 11.1 Å². The van der Waals surface area contributed by atoms with E-state index >= 15 is 0 Å². The Hall–Kier alpha value is -3.74.